The van der Waals surface area contributed by atoms with E-state index in [1.807, 2.05) is 0 Å². The van der Waals surface area contributed by atoms with E-state index in [4.69, 9.17) is 11.6 Å². The Kier molecular flexibility index (Phi) is 2.37. The molecule has 0 bridgehead atoms. The molecule has 1 aliphatic carbocycles. The van der Waals surface area contributed by atoms with Crippen molar-refractivity contribution in [3.8, 4) is 11.4 Å². The monoisotopic (exact) mass is 230 g/mol. The highest BCUT2D eigenvalue weighted by Crippen LogP contribution is 2.40. The predicted molar refractivity (Wildman–Crippen MR) is 64.5 cm³/mol. The Balaban J connectivity index is 1.94. The third-order valence-corrected chi connectivity index (χ3v) is 3.05. The molecule has 3 rings (SSSR count). The first-order chi connectivity index (χ1) is 7.83. The van der Waals surface area contributed by atoms with Crippen LogP contribution in [-0.4, -0.2) is 9.97 Å². The van der Waals surface area contributed by atoms with Gasteiger partial charge in [-0.05, 0) is 30.4 Å². The van der Waals surface area contributed by atoms with Gasteiger partial charge in [0.25, 0.3) is 0 Å². The average Bonchev–Trinajstić information content (AvgIpc) is 3.13. The molecule has 1 saturated carbocycles. The van der Waals surface area contributed by atoms with Gasteiger partial charge in [-0.1, -0.05) is 35.9 Å². The molecule has 3 heteroatoms. The van der Waals surface area contributed by atoms with Gasteiger partial charge >= 0.3 is 0 Å². The summed E-state index contributed by atoms with van der Waals surface area (Å²) in [5.41, 5.74) is 2.44. The highest BCUT2D eigenvalue weighted by Gasteiger charge is 2.23. The molecule has 0 amide bonds. The molecule has 16 heavy (non-hydrogen) atoms. The third-order valence-electron chi connectivity index (χ3n) is 2.84. The lowest BCUT2D eigenvalue weighted by atomic mass is 10.1. The molecule has 1 heterocycles. The fourth-order valence-electron chi connectivity index (χ4n) is 1.80. The quantitative estimate of drug-likeness (QED) is 0.736. The zero-order valence-corrected chi connectivity index (χ0v) is 9.48. The number of rotatable bonds is 2. The van der Waals surface area contributed by atoms with E-state index in [1.165, 1.54) is 18.4 Å². The van der Waals surface area contributed by atoms with E-state index < -0.39 is 0 Å². The Morgan fingerprint density at radius 2 is 1.81 bits per heavy atom. The Bertz CT molecular complexity index is 504. The lowest BCUT2D eigenvalue weighted by Gasteiger charge is -2.02. The van der Waals surface area contributed by atoms with Gasteiger partial charge in [0.2, 0.25) is 0 Å². The average molecular weight is 231 g/mol. The second-order valence-corrected chi connectivity index (χ2v) is 4.49. The van der Waals surface area contributed by atoms with Gasteiger partial charge in [-0.15, -0.1) is 0 Å². The summed E-state index contributed by atoms with van der Waals surface area (Å²) in [4.78, 5) is 8.39. The van der Waals surface area contributed by atoms with Crippen LogP contribution in [0.4, 0.5) is 0 Å². The molecule has 80 valence electrons. The fourth-order valence-corrected chi connectivity index (χ4v) is 1.93. The van der Waals surface area contributed by atoms with Crippen molar-refractivity contribution in [1.82, 2.24) is 9.97 Å². The molecule has 0 N–H and O–H groups in total. The molecule has 0 saturated heterocycles. The van der Waals surface area contributed by atoms with Gasteiger partial charge in [-0.25, -0.2) is 9.97 Å². The highest BCUT2D eigenvalue weighted by atomic mass is 35.5. The highest BCUT2D eigenvalue weighted by molar-refractivity contribution is 6.29. The zero-order valence-electron chi connectivity index (χ0n) is 8.73. The number of hydrogen-bond acceptors (Lipinski definition) is 2. The second-order valence-electron chi connectivity index (χ2n) is 4.10. The number of halogens is 1. The van der Waals surface area contributed by atoms with Crippen LogP contribution < -0.4 is 0 Å². The molecule has 1 aromatic carbocycles. The van der Waals surface area contributed by atoms with Gasteiger partial charge in [0.15, 0.2) is 5.82 Å². The molecule has 1 fully saturated rings. The summed E-state index contributed by atoms with van der Waals surface area (Å²) in [6.45, 7) is 0. The number of nitrogens with zero attached hydrogens (tertiary/aromatic N) is 2. The normalized spacial score (nSPS) is 15.1. The van der Waals surface area contributed by atoms with Crippen molar-refractivity contribution in [1.29, 1.82) is 0 Å². The summed E-state index contributed by atoms with van der Waals surface area (Å²) in [6.07, 6.45) is 4.33. The summed E-state index contributed by atoms with van der Waals surface area (Å²) < 4.78 is 0. The molecule has 1 aromatic heterocycles. The van der Waals surface area contributed by atoms with Crippen LogP contribution in [0.5, 0.6) is 0 Å². The largest absolute Gasteiger partial charge is 0.236 e. The van der Waals surface area contributed by atoms with Crippen molar-refractivity contribution in [2.75, 3.05) is 0 Å². The van der Waals surface area contributed by atoms with E-state index in [2.05, 4.69) is 34.2 Å². The number of aromatic nitrogens is 2. The van der Waals surface area contributed by atoms with Crippen molar-refractivity contribution >= 4 is 11.6 Å². The first-order valence-electron chi connectivity index (χ1n) is 5.42. The topological polar surface area (TPSA) is 25.8 Å². The molecule has 1 aliphatic rings. The molecule has 0 aliphatic heterocycles. The van der Waals surface area contributed by atoms with Crippen LogP contribution in [0.1, 0.15) is 24.3 Å². The van der Waals surface area contributed by atoms with Gasteiger partial charge in [0, 0.05) is 11.8 Å². The summed E-state index contributed by atoms with van der Waals surface area (Å²) in [7, 11) is 0. The molecule has 0 radical (unpaired) electrons. The summed E-state index contributed by atoms with van der Waals surface area (Å²) >= 11 is 5.84. The molecule has 0 atom stereocenters. The molecular weight excluding hydrogens is 220 g/mol. The number of hydrogen-bond donors (Lipinski definition) is 0. The minimum atomic E-state index is 0.483. The minimum Gasteiger partial charge on any atom is -0.236 e. The first-order valence-corrected chi connectivity index (χ1v) is 5.79. The van der Waals surface area contributed by atoms with Gasteiger partial charge in [-0.3, -0.25) is 0 Å². The Labute approximate surface area is 99.3 Å². The van der Waals surface area contributed by atoms with Crippen LogP contribution >= 0.6 is 11.6 Å². The van der Waals surface area contributed by atoms with Crippen molar-refractivity contribution < 1.29 is 0 Å². The maximum absolute atomic E-state index is 5.84. The van der Waals surface area contributed by atoms with Crippen LogP contribution in [0.15, 0.2) is 36.5 Å². The summed E-state index contributed by atoms with van der Waals surface area (Å²) in [6, 6.07) is 10.1. The van der Waals surface area contributed by atoms with E-state index in [0.717, 1.165) is 11.5 Å². The van der Waals surface area contributed by atoms with Gasteiger partial charge in [-0.2, -0.15) is 0 Å². The van der Waals surface area contributed by atoms with Gasteiger partial charge in [0.05, 0.1) is 0 Å². The minimum absolute atomic E-state index is 0.483. The van der Waals surface area contributed by atoms with Gasteiger partial charge < -0.3 is 0 Å². The molecule has 0 unspecified atom stereocenters. The third kappa shape index (κ3) is 1.93. The Hall–Kier alpha value is -1.41. The number of benzene rings is 1. The van der Waals surface area contributed by atoms with Crippen molar-refractivity contribution in [2.24, 2.45) is 0 Å². The maximum Gasteiger partial charge on any atom is 0.160 e. The standard InChI is InChI=1S/C13H11ClN2/c14-12-7-8-15-13(16-12)11-5-3-10(4-6-11)9-1-2-9/h3-9H,1-2H2. The van der Waals surface area contributed by atoms with Crippen LogP contribution in [0.2, 0.25) is 5.15 Å². The van der Waals surface area contributed by atoms with Gasteiger partial charge in [0.1, 0.15) is 5.15 Å². The zero-order chi connectivity index (χ0) is 11.0. The Morgan fingerprint density at radius 3 is 2.44 bits per heavy atom. The lowest BCUT2D eigenvalue weighted by molar-refractivity contribution is 1.12. The Morgan fingerprint density at radius 1 is 1.06 bits per heavy atom. The second kappa shape index (κ2) is 3.87. The summed E-state index contributed by atoms with van der Waals surface area (Å²) in [5.74, 6) is 1.48. The fraction of sp³-hybridized carbons (Fsp3) is 0.231. The lowest BCUT2D eigenvalue weighted by Crippen LogP contribution is -1.88. The van der Waals surface area contributed by atoms with E-state index in [-0.39, 0.29) is 0 Å². The molecule has 2 aromatic rings. The van der Waals surface area contributed by atoms with E-state index in [9.17, 15) is 0 Å². The van der Waals surface area contributed by atoms with Crippen molar-refractivity contribution in [2.45, 2.75) is 18.8 Å². The smallest absolute Gasteiger partial charge is 0.160 e. The molecule has 2 nitrogen and oxygen atoms in total. The maximum atomic E-state index is 5.84. The van der Waals surface area contributed by atoms with Crippen LogP contribution in [0, 0.1) is 0 Å². The summed E-state index contributed by atoms with van der Waals surface area (Å²) in [5, 5.41) is 0.483. The SMILES string of the molecule is Clc1ccnc(-c2ccc(C3CC3)cc2)n1. The van der Waals surface area contributed by atoms with Crippen LogP contribution in [0.25, 0.3) is 11.4 Å². The molecular formula is C13H11ClN2. The van der Waals surface area contributed by atoms with Crippen molar-refractivity contribution in [3.05, 3.63) is 47.2 Å². The molecule has 0 spiro atoms. The van der Waals surface area contributed by atoms with Crippen LogP contribution in [0.3, 0.4) is 0 Å². The van der Waals surface area contributed by atoms with E-state index in [1.54, 1.807) is 12.3 Å². The van der Waals surface area contributed by atoms with Crippen LogP contribution in [-0.2, 0) is 0 Å². The predicted octanol–water partition coefficient (Wildman–Crippen LogP) is 3.67. The van der Waals surface area contributed by atoms with E-state index in [0.29, 0.717) is 11.0 Å². The first kappa shape index (κ1) is 9.79. The van der Waals surface area contributed by atoms with E-state index >= 15 is 0 Å². The van der Waals surface area contributed by atoms with Crippen molar-refractivity contribution in [3.63, 3.8) is 0 Å².